The fourth-order valence-electron chi connectivity index (χ4n) is 8.36. The molecule has 0 aromatic heterocycles. The molecule has 1 aromatic rings. The van der Waals surface area contributed by atoms with Gasteiger partial charge in [0.05, 0.1) is 30.7 Å². The van der Waals surface area contributed by atoms with E-state index in [0.717, 1.165) is 32.1 Å². The second kappa shape index (κ2) is 12.4. The van der Waals surface area contributed by atoms with E-state index in [4.69, 9.17) is 9.47 Å². The predicted octanol–water partition coefficient (Wildman–Crippen LogP) is 3.95. The van der Waals surface area contributed by atoms with E-state index in [9.17, 15) is 19.5 Å². The van der Waals surface area contributed by atoms with Crippen molar-refractivity contribution in [3.8, 4) is 5.75 Å². The maximum absolute atomic E-state index is 14.6. The van der Waals surface area contributed by atoms with E-state index in [-0.39, 0.29) is 49.4 Å². The number of amides is 3. The van der Waals surface area contributed by atoms with E-state index in [1.54, 1.807) is 17.1 Å². The number of fused-ring (bicyclic) bond motifs is 1. The minimum Gasteiger partial charge on any atom is -0.494 e. The highest BCUT2D eigenvalue weighted by Gasteiger charge is 2.80. The summed E-state index contributed by atoms with van der Waals surface area (Å²) in [5.41, 5.74) is -1.44. The van der Waals surface area contributed by atoms with Crippen molar-refractivity contribution in [2.45, 2.75) is 82.6 Å². The molecule has 234 valence electrons. The number of ether oxygens (including phenoxy) is 2. The van der Waals surface area contributed by atoms with Crippen molar-refractivity contribution < 1.29 is 29.0 Å². The molecule has 43 heavy (non-hydrogen) atoms. The number of anilines is 1. The van der Waals surface area contributed by atoms with E-state index in [1.165, 1.54) is 4.90 Å². The van der Waals surface area contributed by atoms with Crippen LogP contribution in [-0.4, -0.2) is 88.8 Å². The van der Waals surface area contributed by atoms with Gasteiger partial charge in [0, 0.05) is 31.4 Å². The van der Waals surface area contributed by atoms with Crippen molar-refractivity contribution >= 4 is 23.4 Å². The number of carbonyl (C=O) groups is 3. The van der Waals surface area contributed by atoms with E-state index in [0.29, 0.717) is 31.0 Å². The van der Waals surface area contributed by atoms with Gasteiger partial charge in [-0.25, -0.2) is 0 Å². The van der Waals surface area contributed by atoms with Gasteiger partial charge in [0.1, 0.15) is 17.4 Å². The van der Waals surface area contributed by atoms with Crippen molar-refractivity contribution in [2.75, 3.05) is 37.7 Å². The lowest BCUT2D eigenvalue weighted by Crippen LogP contribution is -2.59. The standard InChI is InChI=1S/C34H47N3O6/c1-6-18-35(25-14-16-26(17-15-25)42-8-3)30(39)27-28-31(40)37(20-21-38)29(34(28)22-23(4)33(27,5)43-34)32(41)36(19-7-2)24-12-10-9-11-13-24/h6-7,14-17,23-24,27-29,38H,1-2,8-13,18-22H2,3-5H3/t23?,27-,28-,29?,33+,34?/m0/s1. The van der Waals surface area contributed by atoms with Crippen LogP contribution < -0.4 is 9.64 Å². The number of nitrogens with zero attached hydrogens (tertiary/aromatic N) is 3. The summed E-state index contributed by atoms with van der Waals surface area (Å²) in [6.07, 6.45) is 8.96. The number of aliphatic hydroxyl groups is 1. The molecule has 3 saturated heterocycles. The van der Waals surface area contributed by atoms with Gasteiger partial charge in [-0.3, -0.25) is 14.4 Å². The Labute approximate surface area is 255 Å². The normalized spacial score (nSPS) is 31.5. The van der Waals surface area contributed by atoms with Gasteiger partial charge in [-0.15, -0.1) is 13.2 Å². The zero-order valence-corrected chi connectivity index (χ0v) is 25.9. The first-order valence-electron chi connectivity index (χ1n) is 15.9. The molecular formula is C34H47N3O6. The number of benzene rings is 1. The summed E-state index contributed by atoms with van der Waals surface area (Å²) >= 11 is 0. The molecule has 1 aliphatic carbocycles. The van der Waals surface area contributed by atoms with Gasteiger partial charge < -0.3 is 29.3 Å². The second-order valence-corrected chi connectivity index (χ2v) is 12.7. The van der Waals surface area contributed by atoms with Crippen LogP contribution in [0.25, 0.3) is 0 Å². The summed E-state index contributed by atoms with van der Waals surface area (Å²) in [6, 6.07) is 6.46. The Bertz CT molecular complexity index is 1230. The maximum Gasteiger partial charge on any atom is 0.248 e. The monoisotopic (exact) mass is 593 g/mol. The van der Waals surface area contributed by atoms with Gasteiger partial charge in [0.2, 0.25) is 17.7 Å². The van der Waals surface area contributed by atoms with Gasteiger partial charge in [-0.1, -0.05) is 38.3 Å². The number of aliphatic hydroxyl groups excluding tert-OH is 1. The highest BCUT2D eigenvalue weighted by Crippen LogP contribution is 2.65. The van der Waals surface area contributed by atoms with Crippen LogP contribution in [0.15, 0.2) is 49.6 Å². The van der Waals surface area contributed by atoms with Gasteiger partial charge in [0.25, 0.3) is 0 Å². The molecule has 4 aliphatic rings. The molecule has 3 unspecified atom stereocenters. The van der Waals surface area contributed by atoms with Gasteiger partial charge in [-0.05, 0) is 63.3 Å². The lowest BCUT2D eigenvalue weighted by molar-refractivity contribution is -0.154. The lowest BCUT2D eigenvalue weighted by atomic mass is 9.62. The Balaban J connectivity index is 1.55. The van der Waals surface area contributed by atoms with Gasteiger partial charge >= 0.3 is 0 Å². The summed E-state index contributed by atoms with van der Waals surface area (Å²) in [4.78, 5) is 48.6. The molecule has 4 fully saturated rings. The first-order chi connectivity index (χ1) is 20.7. The number of likely N-dealkylation sites (tertiary alicyclic amines) is 1. The molecule has 9 nitrogen and oxygen atoms in total. The molecule has 3 aliphatic heterocycles. The van der Waals surface area contributed by atoms with E-state index >= 15 is 0 Å². The van der Waals surface area contributed by atoms with Crippen molar-refractivity contribution in [3.63, 3.8) is 0 Å². The quantitative estimate of drug-likeness (QED) is 0.369. The third kappa shape index (κ3) is 5.08. The first-order valence-corrected chi connectivity index (χ1v) is 15.9. The molecule has 1 saturated carbocycles. The average molecular weight is 594 g/mol. The molecule has 6 atom stereocenters. The van der Waals surface area contributed by atoms with E-state index < -0.39 is 29.1 Å². The number of rotatable bonds is 12. The third-order valence-corrected chi connectivity index (χ3v) is 10.3. The minimum atomic E-state index is -1.16. The molecule has 5 rings (SSSR count). The molecule has 3 amide bonds. The summed E-state index contributed by atoms with van der Waals surface area (Å²) in [5.74, 6) is -1.72. The smallest absolute Gasteiger partial charge is 0.248 e. The fraction of sp³-hybridized carbons (Fsp3) is 0.618. The number of β-amino-alcohol motifs (C(OH)–C–C–N with tert-alkyl or cyclic N) is 1. The van der Waals surface area contributed by atoms with Gasteiger partial charge in [-0.2, -0.15) is 0 Å². The third-order valence-electron chi connectivity index (χ3n) is 10.3. The van der Waals surface area contributed by atoms with Crippen molar-refractivity contribution in [1.29, 1.82) is 0 Å². The molecule has 1 aromatic carbocycles. The number of hydrogen-bond donors (Lipinski definition) is 1. The lowest BCUT2D eigenvalue weighted by Gasteiger charge is -2.41. The van der Waals surface area contributed by atoms with Crippen LogP contribution in [-0.2, 0) is 19.1 Å². The van der Waals surface area contributed by atoms with Crippen LogP contribution in [0.2, 0.25) is 0 Å². The molecule has 2 bridgehead atoms. The molecule has 0 radical (unpaired) electrons. The predicted molar refractivity (Wildman–Crippen MR) is 165 cm³/mol. The Morgan fingerprint density at radius 3 is 2.40 bits per heavy atom. The molecular weight excluding hydrogens is 546 g/mol. The number of carbonyl (C=O) groups excluding carboxylic acids is 3. The van der Waals surface area contributed by atoms with Crippen LogP contribution in [0.4, 0.5) is 5.69 Å². The van der Waals surface area contributed by atoms with Crippen molar-refractivity contribution in [3.05, 3.63) is 49.6 Å². The fourth-order valence-corrected chi connectivity index (χ4v) is 8.36. The average Bonchev–Trinajstić information content (AvgIpc) is 3.51. The Morgan fingerprint density at radius 2 is 1.79 bits per heavy atom. The summed E-state index contributed by atoms with van der Waals surface area (Å²) < 4.78 is 12.5. The molecule has 3 heterocycles. The maximum atomic E-state index is 14.6. The van der Waals surface area contributed by atoms with Crippen LogP contribution in [0.3, 0.4) is 0 Å². The zero-order valence-electron chi connectivity index (χ0n) is 25.9. The summed E-state index contributed by atoms with van der Waals surface area (Å²) in [6.45, 7) is 14.6. The first kappa shape index (κ1) is 31.3. The van der Waals surface area contributed by atoms with Crippen LogP contribution in [0, 0.1) is 17.8 Å². The number of hydrogen-bond acceptors (Lipinski definition) is 6. The second-order valence-electron chi connectivity index (χ2n) is 12.7. The Kier molecular flexibility index (Phi) is 9.05. The Hall–Kier alpha value is -3.17. The van der Waals surface area contributed by atoms with Gasteiger partial charge in [0.15, 0.2) is 0 Å². The summed E-state index contributed by atoms with van der Waals surface area (Å²) in [7, 11) is 0. The Morgan fingerprint density at radius 1 is 1.12 bits per heavy atom. The van der Waals surface area contributed by atoms with Crippen LogP contribution in [0.1, 0.15) is 59.3 Å². The molecule has 9 heteroatoms. The molecule has 1 N–H and O–H groups in total. The van der Waals surface area contributed by atoms with Crippen LogP contribution >= 0.6 is 0 Å². The van der Waals surface area contributed by atoms with Crippen molar-refractivity contribution in [1.82, 2.24) is 9.80 Å². The van der Waals surface area contributed by atoms with E-state index in [2.05, 4.69) is 13.2 Å². The molecule has 1 spiro atoms. The highest BCUT2D eigenvalue weighted by atomic mass is 16.5. The SMILES string of the molecule is C=CCN(C(=O)[C@@H]1[C@H]2C(=O)N(CCO)C(C(=O)N(CC=C)C3CCCCC3)C23CC(C)[C@@]1(C)O3)c1ccc(OCC)cc1. The van der Waals surface area contributed by atoms with E-state index in [1.807, 2.05) is 49.9 Å². The highest BCUT2D eigenvalue weighted by molar-refractivity contribution is 6.03. The topological polar surface area (TPSA) is 99.6 Å². The zero-order chi connectivity index (χ0) is 30.9. The van der Waals surface area contributed by atoms with Crippen LogP contribution in [0.5, 0.6) is 5.75 Å². The minimum absolute atomic E-state index is 0.00468. The van der Waals surface area contributed by atoms with Crippen molar-refractivity contribution in [2.24, 2.45) is 17.8 Å². The largest absolute Gasteiger partial charge is 0.494 e. The summed E-state index contributed by atoms with van der Waals surface area (Å²) in [5, 5.41) is 10.0.